The molecule has 0 spiro atoms. The first-order chi connectivity index (χ1) is 14.1. The maximum Gasteiger partial charge on any atom is 0.416 e. The third kappa shape index (κ3) is 4.28. The summed E-state index contributed by atoms with van der Waals surface area (Å²) in [6, 6.07) is 3.70. The van der Waals surface area contributed by atoms with Gasteiger partial charge in [0, 0.05) is 18.2 Å². The summed E-state index contributed by atoms with van der Waals surface area (Å²) in [6.45, 7) is 1.91. The Morgan fingerprint density at radius 2 is 2.07 bits per heavy atom. The van der Waals surface area contributed by atoms with Gasteiger partial charge >= 0.3 is 12.1 Å². The molecule has 2 atom stereocenters. The summed E-state index contributed by atoms with van der Waals surface area (Å²) >= 11 is 0. The number of hydrogen-bond donors (Lipinski definition) is 4. The summed E-state index contributed by atoms with van der Waals surface area (Å²) in [5.74, 6) is -1.36. The van der Waals surface area contributed by atoms with Gasteiger partial charge in [0.2, 0.25) is 0 Å². The minimum atomic E-state index is -4.60. The van der Waals surface area contributed by atoms with Crippen molar-refractivity contribution in [3.63, 3.8) is 0 Å². The molecule has 1 aliphatic rings. The van der Waals surface area contributed by atoms with E-state index >= 15 is 0 Å². The number of nitriles is 1. The van der Waals surface area contributed by atoms with Crippen LogP contribution < -0.4 is 10.6 Å². The monoisotopic (exact) mass is 421 g/mol. The number of nitrogens with zero attached hydrogens (tertiary/aromatic N) is 3. The lowest BCUT2D eigenvalue weighted by Crippen LogP contribution is -2.48. The Balaban J connectivity index is 1.87. The Hall–Kier alpha value is -3.39. The van der Waals surface area contributed by atoms with Crippen LogP contribution >= 0.6 is 0 Å². The first kappa shape index (κ1) is 21.3. The van der Waals surface area contributed by atoms with Crippen LogP contribution in [0.4, 0.5) is 19.0 Å². The number of phenols is 1. The molecule has 158 valence electrons. The van der Waals surface area contributed by atoms with Crippen molar-refractivity contribution in [3.05, 3.63) is 34.9 Å². The molecule has 11 heteroatoms. The molecule has 0 aliphatic carbocycles. The van der Waals surface area contributed by atoms with Gasteiger partial charge in [-0.3, -0.25) is 4.79 Å². The third-order valence-corrected chi connectivity index (χ3v) is 4.96. The third-order valence-electron chi connectivity index (χ3n) is 4.96. The Morgan fingerprint density at radius 3 is 2.60 bits per heavy atom. The van der Waals surface area contributed by atoms with Crippen LogP contribution in [0.25, 0.3) is 11.3 Å². The zero-order valence-electron chi connectivity index (χ0n) is 15.8. The maximum absolute atomic E-state index is 12.8. The van der Waals surface area contributed by atoms with Crippen LogP contribution in [0.3, 0.4) is 0 Å². The number of carboxylic acid groups (broad SMARTS) is 1. The zero-order valence-corrected chi connectivity index (χ0v) is 15.8. The number of aliphatic carboxylic acids is 1. The lowest BCUT2D eigenvalue weighted by Gasteiger charge is -2.28. The summed E-state index contributed by atoms with van der Waals surface area (Å²) in [6.07, 6.45) is -3.66. The molecule has 1 aromatic heterocycles. The van der Waals surface area contributed by atoms with Gasteiger partial charge in [-0.2, -0.15) is 18.4 Å². The van der Waals surface area contributed by atoms with E-state index in [9.17, 15) is 28.3 Å². The van der Waals surface area contributed by atoms with Gasteiger partial charge in [-0.15, -0.1) is 10.2 Å². The minimum Gasteiger partial charge on any atom is -0.507 e. The molecule has 1 saturated heterocycles. The lowest BCUT2D eigenvalue weighted by atomic mass is 9.99. The number of anilines is 1. The molecule has 0 saturated carbocycles. The van der Waals surface area contributed by atoms with E-state index in [2.05, 4.69) is 20.8 Å². The molecular formula is C19H18F3N5O3. The molecule has 1 aromatic carbocycles. The zero-order chi connectivity index (χ0) is 22.1. The second-order valence-corrected chi connectivity index (χ2v) is 6.96. The summed E-state index contributed by atoms with van der Waals surface area (Å²) in [5, 5.41) is 42.6. The molecule has 2 aromatic rings. The van der Waals surface area contributed by atoms with Crippen LogP contribution in [0.2, 0.25) is 0 Å². The van der Waals surface area contributed by atoms with Gasteiger partial charge in [-0.05, 0) is 43.5 Å². The lowest BCUT2D eigenvalue weighted by molar-refractivity contribution is -0.140. The molecule has 0 radical (unpaired) electrons. The number of rotatable bonds is 4. The van der Waals surface area contributed by atoms with Crippen molar-refractivity contribution in [1.82, 2.24) is 15.5 Å². The Bertz CT molecular complexity index is 1010. The molecule has 1 aliphatic heterocycles. The number of piperidine rings is 1. The van der Waals surface area contributed by atoms with Crippen LogP contribution in [-0.2, 0) is 11.0 Å². The van der Waals surface area contributed by atoms with Crippen molar-refractivity contribution in [1.29, 1.82) is 5.26 Å². The van der Waals surface area contributed by atoms with Crippen molar-refractivity contribution in [2.75, 3.05) is 11.9 Å². The fourth-order valence-corrected chi connectivity index (χ4v) is 3.31. The van der Waals surface area contributed by atoms with E-state index < -0.39 is 29.5 Å². The van der Waals surface area contributed by atoms with Crippen LogP contribution in [0.1, 0.15) is 29.5 Å². The SMILES string of the molecule is Cc1c(-c2ccc(C(F)(F)F)cc2O)nnc(N[C@@H]2CC[C@H](C(=O)O)NC2)c1C#N. The van der Waals surface area contributed by atoms with E-state index in [-0.39, 0.29) is 28.7 Å². The average Bonchev–Trinajstić information content (AvgIpc) is 2.68. The highest BCUT2D eigenvalue weighted by atomic mass is 19.4. The van der Waals surface area contributed by atoms with Crippen molar-refractivity contribution in [3.8, 4) is 23.1 Å². The van der Waals surface area contributed by atoms with E-state index in [1.165, 1.54) is 0 Å². The number of aromatic nitrogens is 2. The number of aromatic hydroxyl groups is 1. The normalized spacial score (nSPS) is 19.2. The van der Waals surface area contributed by atoms with Gasteiger partial charge in [0.25, 0.3) is 0 Å². The molecule has 0 amide bonds. The van der Waals surface area contributed by atoms with Gasteiger partial charge in [-0.1, -0.05) is 0 Å². The maximum atomic E-state index is 12.8. The van der Waals surface area contributed by atoms with Crippen LogP contribution in [0.15, 0.2) is 18.2 Å². The molecular weight excluding hydrogens is 403 g/mol. The minimum absolute atomic E-state index is 0.0275. The number of hydrogen-bond acceptors (Lipinski definition) is 7. The van der Waals surface area contributed by atoms with Crippen molar-refractivity contribution < 1.29 is 28.2 Å². The highest BCUT2D eigenvalue weighted by Crippen LogP contribution is 2.37. The largest absolute Gasteiger partial charge is 0.507 e. The number of carboxylic acids is 1. The van der Waals surface area contributed by atoms with Crippen LogP contribution in [-0.4, -0.2) is 45.0 Å². The average molecular weight is 421 g/mol. The predicted molar refractivity (Wildman–Crippen MR) is 99.7 cm³/mol. The summed E-state index contributed by atoms with van der Waals surface area (Å²) in [5.41, 5.74) is -0.398. The first-order valence-electron chi connectivity index (χ1n) is 9.02. The number of alkyl halides is 3. The first-order valence-corrected chi connectivity index (χ1v) is 9.02. The second kappa shape index (κ2) is 8.16. The number of benzene rings is 1. The van der Waals surface area contributed by atoms with Crippen LogP contribution in [0.5, 0.6) is 5.75 Å². The van der Waals surface area contributed by atoms with E-state index in [1.807, 2.05) is 6.07 Å². The molecule has 1 fully saturated rings. The molecule has 0 unspecified atom stereocenters. The second-order valence-electron chi connectivity index (χ2n) is 6.96. The highest BCUT2D eigenvalue weighted by molar-refractivity contribution is 5.74. The molecule has 4 N–H and O–H groups in total. The Morgan fingerprint density at radius 1 is 1.33 bits per heavy atom. The van der Waals surface area contributed by atoms with E-state index in [0.29, 0.717) is 31.0 Å². The predicted octanol–water partition coefficient (Wildman–Crippen LogP) is 2.67. The highest BCUT2D eigenvalue weighted by Gasteiger charge is 2.32. The van der Waals surface area contributed by atoms with Gasteiger partial charge in [-0.25, -0.2) is 0 Å². The summed E-state index contributed by atoms with van der Waals surface area (Å²) in [7, 11) is 0. The molecule has 8 nitrogen and oxygen atoms in total. The quantitative estimate of drug-likeness (QED) is 0.593. The van der Waals surface area contributed by atoms with Gasteiger partial charge in [0.1, 0.15) is 29.1 Å². The van der Waals surface area contributed by atoms with Gasteiger partial charge < -0.3 is 20.8 Å². The number of halogens is 3. The summed E-state index contributed by atoms with van der Waals surface area (Å²) in [4.78, 5) is 11.0. The van der Waals surface area contributed by atoms with Crippen molar-refractivity contribution in [2.45, 2.75) is 38.0 Å². The smallest absolute Gasteiger partial charge is 0.416 e. The molecule has 0 bridgehead atoms. The molecule has 2 heterocycles. The number of phenolic OH excluding ortho intramolecular Hbond substituents is 1. The van der Waals surface area contributed by atoms with Gasteiger partial charge in [0.05, 0.1) is 5.56 Å². The Labute approximate surface area is 169 Å². The number of nitrogens with one attached hydrogen (secondary N) is 2. The fourth-order valence-electron chi connectivity index (χ4n) is 3.31. The van der Waals surface area contributed by atoms with Crippen LogP contribution in [0, 0.1) is 18.3 Å². The van der Waals surface area contributed by atoms with Crippen molar-refractivity contribution >= 4 is 11.8 Å². The van der Waals surface area contributed by atoms with Crippen molar-refractivity contribution in [2.24, 2.45) is 0 Å². The topological polar surface area (TPSA) is 131 Å². The molecule has 30 heavy (non-hydrogen) atoms. The fraction of sp³-hybridized carbons (Fsp3) is 0.368. The number of carbonyl (C=O) groups is 1. The standard InChI is InChI=1S/C19H18F3N5O3/c1-9-13(7-23)17(25-11-3-5-14(18(29)30)24-8-11)27-26-16(9)12-4-2-10(6-15(12)28)19(20,21)22/h2,4,6,11,14,24,28H,3,5,8H2,1H3,(H,25,27)(H,29,30)/t11-,14-/m1/s1. The van der Waals surface area contributed by atoms with E-state index in [4.69, 9.17) is 5.11 Å². The summed E-state index contributed by atoms with van der Waals surface area (Å²) < 4.78 is 38.4. The Kier molecular flexibility index (Phi) is 5.80. The molecule has 3 rings (SSSR count). The van der Waals surface area contributed by atoms with E-state index in [0.717, 1.165) is 12.1 Å². The van der Waals surface area contributed by atoms with Gasteiger partial charge in [0.15, 0.2) is 5.82 Å². The van der Waals surface area contributed by atoms with E-state index in [1.54, 1.807) is 6.92 Å².